The number of aryl methyl sites for hydroxylation is 1. The van der Waals surface area contributed by atoms with Crippen LogP contribution >= 0.6 is 15.9 Å². The number of anilines is 2. The third-order valence-electron chi connectivity index (χ3n) is 4.60. The summed E-state index contributed by atoms with van der Waals surface area (Å²) in [4.78, 5) is 12.8. The molecule has 1 N–H and O–H groups in total. The number of nitrogens with zero attached hydrogens (tertiary/aromatic N) is 1. The summed E-state index contributed by atoms with van der Waals surface area (Å²) in [5, 5.41) is 2.77. The summed E-state index contributed by atoms with van der Waals surface area (Å²) < 4.78 is 28.4. The molecule has 5 nitrogen and oxygen atoms in total. The minimum atomic E-state index is -3.85. The van der Waals surface area contributed by atoms with Crippen molar-refractivity contribution in [3.8, 4) is 11.1 Å². The number of benzene rings is 3. The number of rotatable bonds is 3. The van der Waals surface area contributed by atoms with Gasteiger partial charge in [0.25, 0.3) is 10.0 Å². The van der Waals surface area contributed by atoms with E-state index in [1.54, 1.807) is 48.5 Å². The Morgan fingerprint density at radius 2 is 1.71 bits per heavy atom. The van der Waals surface area contributed by atoms with Crippen LogP contribution in [-0.2, 0) is 14.8 Å². The molecule has 28 heavy (non-hydrogen) atoms. The second-order valence-electron chi connectivity index (χ2n) is 6.58. The van der Waals surface area contributed by atoms with Crippen LogP contribution in [0.2, 0.25) is 0 Å². The van der Waals surface area contributed by atoms with E-state index in [0.717, 1.165) is 15.6 Å². The lowest BCUT2D eigenvalue weighted by Gasteiger charge is -2.31. The number of sulfonamides is 1. The van der Waals surface area contributed by atoms with E-state index >= 15 is 0 Å². The zero-order valence-corrected chi connectivity index (χ0v) is 17.4. The van der Waals surface area contributed by atoms with Crippen LogP contribution in [0.3, 0.4) is 0 Å². The normalized spacial score (nSPS) is 14.1. The van der Waals surface area contributed by atoms with Gasteiger partial charge in [0.2, 0.25) is 5.91 Å². The molecule has 1 aliphatic heterocycles. The second kappa shape index (κ2) is 7.07. The van der Waals surface area contributed by atoms with Crippen LogP contribution in [0.1, 0.15) is 5.56 Å². The van der Waals surface area contributed by atoms with Crippen LogP contribution in [0.5, 0.6) is 0 Å². The smallest absolute Gasteiger partial charge is 0.265 e. The summed E-state index contributed by atoms with van der Waals surface area (Å²) in [7, 11) is -3.85. The van der Waals surface area contributed by atoms with E-state index < -0.39 is 15.9 Å². The maximum absolute atomic E-state index is 13.2. The van der Waals surface area contributed by atoms with E-state index in [2.05, 4.69) is 21.2 Å². The van der Waals surface area contributed by atoms with Crippen molar-refractivity contribution in [2.24, 2.45) is 0 Å². The molecular formula is C21H17BrN2O3S. The van der Waals surface area contributed by atoms with Gasteiger partial charge in [-0.15, -0.1) is 0 Å². The number of hydrogen-bond donors (Lipinski definition) is 1. The second-order valence-corrected chi connectivity index (χ2v) is 9.33. The minimum absolute atomic E-state index is 0.198. The molecule has 0 saturated carbocycles. The van der Waals surface area contributed by atoms with Crippen LogP contribution in [0.25, 0.3) is 11.1 Å². The third kappa shape index (κ3) is 3.31. The van der Waals surface area contributed by atoms with Gasteiger partial charge in [0, 0.05) is 21.3 Å². The summed E-state index contributed by atoms with van der Waals surface area (Å²) in [6.45, 7) is 1.65. The number of hydrogen-bond acceptors (Lipinski definition) is 3. The molecule has 142 valence electrons. The van der Waals surface area contributed by atoms with Gasteiger partial charge in [-0.1, -0.05) is 51.8 Å². The van der Waals surface area contributed by atoms with Crippen LogP contribution in [-0.4, -0.2) is 20.9 Å². The molecule has 0 bridgehead atoms. The van der Waals surface area contributed by atoms with Gasteiger partial charge >= 0.3 is 0 Å². The standard InChI is InChI=1S/C21H17BrN2O3S/c1-14-6-9-16(10-7-14)23-21(25)13-24-19-11-8-15(22)12-18(19)17-4-2-3-5-20(17)28(24,26)27/h2-12H,13H2,1H3,(H,23,25). The van der Waals surface area contributed by atoms with Crippen LogP contribution in [0.15, 0.2) is 76.1 Å². The van der Waals surface area contributed by atoms with Crippen molar-refractivity contribution >= 4 is 43.2 Å². The Bertz CT molecular complexity index is 1170. The number of carbonyl (C=O) groups is 1. The van der Waals surface area contributed by atoms with Gasteiger partial charge in [-0.3, -0.25) is 9.10 Å². The monoisotopic (exact) mass is 456 g/mol. The Labute approximate surface area is 172 Å². The third-order valence-corrected chi connectivity index (χ3v) is 6.91. The molecule has 7 heteroatoms. The van der Waals surface area contributed by atoms with Crippen LogP contribution in [0.4, 0.5) is 11.4 Å². The molecule has 0 spiro atoms. The Kier molecular flexibility index (Phi) is 4.72. The molecular weight excluding hydrogens is 440 g/mol. The lowest BCUT2D eigenvalue weighted by molar-refractivity contribution is -0.114. The SMILES string of the molecule is Cc1ccc(NC(=O)CN2c3ccc(Br)cc3-c3ccccc3S2(=O)=O)cc1. The zero-order chi connectivity index (χ0) is 19.9. The molecule has 0 atom stereocenters. The van der Waals surface area contributed by atoms with E-state index in [1.165, 1.54) is 4.31 Å². The molecule has 0 aromatic heterocycles. The highest BCUT2D eigenvalue weighted by molar-refractivity contribution is 9.10. The molecule has 0 saturated heterocycles. The van der Waals surface area contributed by atoms with E-state index in [1.807, 2.05) is 25.1 Å². The molecule has 1 heterocycles. The van der Waals surface area contributed by atoms with E-state index in [4.69, 9.17) is 0 Å². The van der Waals surface area contributed by atoms with E-state index in [-0.39, 0.29) is 11.4 Å². The molecule has 3 aromatic rings. The largest absolute Gasteiger partial charge is 0.325 e. The number of nitrogens with one attached hydrogen (secondary N) is 1. The van der Waals surface area contributed by atoms with Gasteiger partial charge in [-0.25, -0.2) is 8.42 Å². The highest BCUT2D eigenvalue weighted by Gasteiger charge is 2.35. The zero-order valence-electron chi connectivity index (χ0n) is 15.0. The van der Waals surface area contributed by atoms with Crippen molar-refractivity contribution in [2.45, 2.75) is 11.8 Å². The number of carbonyl (C=O) groups excluding carboxylic acids is 1. The van der Waals surface area contributed by atoms with Gasteiger partial charge < -0.3 is 5.32 Å². The summed E-state index contributed by atoms with van der Waals surface area (Å²) in [6, 6.07) is 19.5. The maximum atomic E-state index is 13.2. The van der Waals surface area contributed by atoms with Crippen molar-refractivity contribution in [3.63, 3.8) is 0 Å². The summed E-state index contributed by atoms with van der Waals surface area (Å²) >= 11 is 3.44. The summed E-state index contributed by atoms with van der Waals surface area (Å²) in [5.74, 6) is -0.402. The first-order valence-electron chi connectivity index (χ1n) is 8.64. The Morgan fingerprint density at radius 1 is 1.00 bits per heavy atom. The Hall–Kier alpha value is -2.64. The van der Waals surface area contributed by atoms with E-state index in [9.17, 15) is 13.2 Å². The molecule has 3 aromatic carbocycles. The molecule has 0 radical (unpaired) electrons. The highest BCUT2D eigenvalue weighted by Crippen LogP contribution is 2.43. The topological polar surface area (TPSA) is 66.5 Å². The van der Waals surface area contributed by atoms with Crippen molar-refractivity contribution in [1.82, 2.24) is 0 Å². The Morgan fingerprint density at radius 3 is 2.46 bits per heavy atom. The first-order chi connectivity index (χ1) is 13.4. The van der Waals surface area contributed by atoms with Crippen LogP contribution < -0.4 is 9.62 Å². The molecule has 0 aliphatic carbocycles. The fourth-order valence-corrected chi connectivity index (χ4v) is 5.25. The maximum Gasteiger partial charge on any atom is 0.265 e. The fourth-order valence-electron chi connectivity index (χ4n) is 3.24. The lowest BCUT2D eigenvalue weighted by atomic mass is 10.0. The van der Waals surface area contributed by atoms with Gasteiger partial charge in [0.1, 0.15) is 6.54 Å². The van der Waals surface area contributed by atoms with E-state index in [0.29, 0.717) is 16.9 Å². The first kappa shape index (κ1) is 18.7. The minimum Gasteiger partial charge on any atom is -0.325 e. The molecule has 1 aliphatic rings. The average Bonchev–Trinajstić information content (AvgIpc) is 2.67. The predicted octanol–water partition coefficient (Wildman–Crippen LogP) is 4.57. The van der Waals surface area contributed by atoms with Gasteiger partial charge in [-0.05, 0) is 43.3 Å². The quantitative estimate of drug-likeness (QED) is 0.627. The highest BCUT2D eigenvalue weighted by atomic mass is 79.9. The molecule has 1 amide bonds. The molecule has 0 unspecified atom stereocenters. The first-order valence-corrected chi connectivity index (χ1v) is 10.9. The number of fused-ring (bicyclic) bond motifs is 3. The lowest BCUT2D eigenvalue weighted by Crippen LogP contribution is -2.40. The van der Waals surface area contributed by atoms with Gasteiger partial charge in [-0.2, -0.15) is 0 Å². The molecule has 0 fully saturated rings. The summed E-state index contributed by atoms with van der Waals surface area (Å²) in [5.41, 5.74) is 3.59. The van der Waals surface area contributed by atoms with Crippen molar-refractivity contribution in [2.75, 3.05) is 16.2 Å². The van der Waals surface area contributed by atoms with Gasteiger partial charge in [0.05, 0.1) is 10.6 Å². The van der Waals surface area contributed by atoms with Gasteiger partial charge in [0.15, 0.2) is 0 Å². The van der Waals surface area contributed by atoms with Crippen molar-refractivity contribution < 1.29 is 13.2 Å². The van der Waals surface area contributed by atoms with Crippen molar-refractivity contribution in [1.29, 1.82) is 0 Å². The average molecular weight is 457 g/mol. The Balaban J connectivity index is 1.72. The number of amides is 1. The summed E-state index contributed by atoms with van der Waals surface area (Å²) in [6.07, 6.45) is 0. The predicted molar refractivity (Wildman–Crippen MR) is 114 cm³/mol. The van der Waals surface area contributed by atoms with Crippen molar-refractivity contribution in [3.05, 3.63) is 76.8 Å². The fraction of sp³-hybridized carbons (Fsp3) is 0.0952. The molecule has 4 rings (SSSR count). The number of halogens is 1. The van der Waals surface area contributed by atoms with Crippen LogP contribution in [0, 0.1) is 6.92 Å².